The van der Waals surface area contributed by atoms with E-state index >= 15 is 0 Å². The largest absolute Gasteiger partial charge is 0.467 e. The minimum absolute atomic E-state index is 0.00948. The second-order valence-corrected chi connectivity index (χ2v) is 7.17. The lowest BCUT2D eigenvalue weighted by Gasteiger charge is -2.22. The van der Waals surface area contributed by atoms with Gasteiger partial charge in [0, 0.05) is 12.1 Å². The first-order valence-electron chi connectivity index (χ1n) is 9.72. The lowest BCUT2D eigenvalue weighted by Crippen LogP contribution is -2.30. The van der Waals surface area contributed by atoms with Crippen molar-refractivity contribution in [1.82, 2.24) is 4.90 Å². The Morgan fingerprint density at radius 1 is 0.793 bits per heavy atom. The molecule has 1 heterocycles. The molecule has 3 heteroatoms. The van der Waals surface area contributed by atoms with Gasteiger partial charge in [-0.05, 0) is 47.9 Å². The van der Waals surface area contributed by atoms with Crippen LogP contribution in [0.3, 0.4) is 0 Å². The number of rotatable bonds is 6. The van der Waals surface area contributed by atoms with E-state index in [0.29, 0.717) is 18.7 Å². The highest BCUT2D eigenvalue weighted by atomic mass is 16.3. The number of benzene rings is 3. The Labute approximate surface area is 171 Å². The summed E-state index contributed by atoms with van der Waals surface area (Å²) in [6, 6.07) is 30.0. The van der Waals surface area contributed by atoms with Gasteiger partial charge < -0.3 is 9.32 Å². The fraction of sp³-hybridized carbons (Fsp3) is 0.115. The Hall–Kier alpha value is -3.59. The summed E-state index contributed by atoms with van der Waals surface area (Å²) in [6.45, 7) is 3.04. The molecule has 1 amide bonds. The van der Waals surface area contributed by atoms with Gasteiger partial charge in [-0.15, -0.1) is 0 Å². The molecule has 0 aliphatic rings. The van der Waals surface area contributed by atoms with E-state index in [9.17, 15) is 4.79 Å². The zero-order valence-electron chi connectivity index (χ0n) is 16.4. The number of hydrogen-bond acceptors (Lipinski definition) is 2. The number of furan rings is 1. The zero-order valence-corrected chi connectivity index (χ0v) is 16.4. The maximum Gasteiger partial charge on any atom is 0.254 e. The first-order chi connectivity index (χ1) is 14.2. The predicted octanol–water partition coefficient (Wildman–Crippen LogP) is 6.10. The molecule has 0 unspecified atom stereocenters. The summed E-state index contributed by atoms with van der Waals surface area (Å²) in [6.07, 6.45) is 1.64. The van der Waals surface area contributed by atoms with Crippen LogP contribution in [0.2, 0.25) is 0 Å². The van der Waals surface area contributed by atoms with Gasteiger partial charge in [-0.25, -0.2) is 0 Å². The third-order valence-electron chi connectivity index (χ3n) is 4.91. The van der Waals surface area contributed by atoms with Crippen molar-refractivity contribution < 1.29 is 9.21 Å². The van der Waals surface area contributed by atoms with Crippen molar-refractivity contribution in [1.29, 1.82) is 0 Å². The average Bonchev–Trinajstić information content (AvgIpc) is 3.27. The van der Waals surface area contributed by atoms with Crippen LogP contribution in [0.1, 0.15) is 27.2 Å². The van der Waals surface area contributed by atoms with Crippen molar-refractivity contribution in [3.8, 4) is 11.1 Å². The number of hydrogen-bond donors (Lipinski definition) is 0. The molecule has 0 spiro atoms. The van der Waals surface area contributed by atoms with Crippen molar-refractivity contribution in [3.05, 3.63) is 120 Å². The predicted molar refractivity (Wildman–Crippen MR) is 115 cm³/mol. The van der Waals surface area contributed by atoms with Gasteiger partial charge in [0.15, 0.2) is 0 Å². The summed E-state index contributed by atoms with van der Waals surface area (Å²) >= 11 is 0. The molecular formula is C26H23NO2. The van der Waals surface area contributed by atoms with Gasteiger partial charge in [0.1, 0.15) is 5.76 Å². The smallest absolute Gasteiger partial charge is 0.254 e. The number of aryl methyl sites for hydroxylation is 1. The monoisotopic (exact) mass is 381 g/mol. The van der Waals surface area contributed by atoms with Gasteiger partial charge in [0.2, 0.25) is 0 Å². The number of nitrogens with zero attached hydrogens (tertiary/aromatic N) is 1. The first-order valence-corrected chi connectivity index (χ1v) is 9.72. The molecule has 0 aliphatic heterocycles. The van der Waals surface area contributed by atoms with E-state index < -0.39 is 0 Å². The highest BCUT2D eigenvalue weighted by Crippen LogP contribution is 2.22. The molecule has 0 N–H and O–H groups in total. The third-order valence-corrected chi connectivity index (χ3v) is 4.91. The quantitative estimate of drug-likeness (QED) is 0.404. The Bertz CT molecular complexity index is 1070. The van der Waals surface area contributed by atoms with Crippen LogP contribution in [0.15, 0.2) is 102 Å². The molecule has 3 nitrogen and oxygen atoms in total. The minimum atomic E-state index is -0.00948. The van der Waals surface area contributed by atoms with Crippen LogP contribution in [0.5, 0.6) is 0 Å². The van der Waals surface area contributed by atoms with Gasteiger partial charge in [-0.2, -0.15) is 0 Å². The topological polar surface area (TPSA) is 33.5 Å². The molecule has 0 saturated heterocycles. The highest BCUT2D eigenvalue weighted by molar-refractivity contribution is 5.94. The van der Waals surface area contributed by atoms with E-state index in [-0.39, 0.29) is 5.91 Å². The first kappa shape index (κ1) is 18.8. The summed E-state index contributed by atoms with van der Waals surface area (Å²) in [5.41, 5.74) is 5.37. The van der Waals surface area contributed by atoms with Crippen LogP contribution in [0, 0.1) is 6.92 Å². The molecule has 4 rings (SSSR count). The summed E-state index contributed by atoms with van der Waals surface area (Å²) in [7, 11) is 0. The van der Waals surface area contributed by atoms with Gasteiger partial charge in [0.25, 0.3) is 5.91 Å². The molecular weight excluding hydrogens is 358 g/mol. The van der Waals surface area contributed by atoms with Crippen molar-refractivity contribution >= 4 is 5.91 Å². The molecule has 0 fully saturated rings. The molecule has 0 bridgehead atoms. The lowest BCUT2D eigenvalue weighted by molar-refractivity contribution is 0.0717. The average molecular weight is 381 g/mol. The second kappa shape index (κ2) is 8.61. The van der Waals surface area contributed by atoms with Crippen molar-refractivity contribution in [2.24, 2.45) is 0 Å². The molecule has 0 radical (unpaired) electrons. The van der Waals surface area contributed by atoms with Gasteiger partial charge in [0.05, 0.1) is 12.8 Å². The van der Waals surface area contributed by atoms with E-state index in [1.165, 1.54) is 16.7 Å². The SMILES string of the molecule is Cc1cccc(-c2ccc(CN(Cc3ccco3)C(=O)c3ccccc3)cc2)c1. The standard InChI is InChI=1S/C26H23NO2/c1-20-7-5-10-24(17-20)22-14-12-21(13-15-22)18-27(19-25-11-6-16-29-25)26(28)23-8-3-2-4-9-23/h2-17H,18-19H2,1H3. The Morgan fingerprint density at radius 2 is 1.59 bits per heavy atom. The van der Waals surface area contributed by atoms with E-state index in [2.05, 4.69) is 55.5 Å². The van der Waals surface area contributed by atoms with E-state index in [1.54, 1.807) is 6.26 Å². The maximum absolute atomic E-state index is 13.1. The van der Waals surface area contributed by atoms with Crippen LogP contribution >= 0.6 is 0 Å². The van der Waals surface area contributed by atoms with Crippen molar-refractivity contribution in [2.75, 3.05) is 0 Å². The van der Waals surface area contributed by atoms with Crippen molar-refractivity contribution in [3.63, 3.8) is 0 Å². The second-order valence-electron chi connectivity index (χ2n) is 7.17. The number of amides is 1. The molecule has 3 aromatic carbocycles. The zero-order chi connectivity index (χ0) is 20.1. The Morgan fingerprint density at radius 3 is 2.28 bits per heavy atom. The van der Waals surface area contributed by atoms with Crippen LogP contribution < -0.4 is 0 Å². The van der Waals surface area contributed by atoms with E-state index in [4.69, 9.17) is 4.42 Å². The fourth-order valence-electron chi connectivity index (χ4n) is 3.40. The normalized spacial score (nSPS) is 10.7. The van der Waals surface area contributed by atoms with E-state index in [1.807, 2.05) is 47.4 Å². The minimum Gasteiger partial charge on any atom is -0.467 e. The van der Waals surface area contributed by atoms with Crippen LogP contribution in [-0.4, -0.2) is 10.8 Å². The third kappa shape index (κ3) is 4.64. The fourth-order valence-corrected chi connectivity index (χ4v) is 3.40. The Kier molecular flexibility index (Phi) is 5.57. The van der Waals surface area contributed by atoms with Crippen LogP contribution in [0.4, 0.5) is 0 Å². The maximum atomic E-state index is 13.1. The molecule has 29 heavy (non-hydrogen) atoms. The molecule has 144 valence electrons. The number of carbonyl (C=O) groups is 1. The Balaban J connectivity index is 1.56. The van der Waals surface area contributed by atoms with Crippen LogP contribution in [0.25, 0.3) is 11.1 Å². The molecule has 4 aromatic rings. The summed E-state index contributed by atoms with van der Waals surface area (Å²) < 4.78 is 5.48. The van der Waals surface area contributed by atoms with Gasteiger partial charge in [-0.1, -0.05) is 72.3 Å². The van der Waals surface area contributed by atoms with Crippen LogP contribution in [-0.2, 0) is 13.1 Å². The van der Waals surface area contributed by atoms with Crippen molar-refractivity contribution in [2.45, 2.75) is 20.0 Å². The molecule has 0 saturated carbocycles. The molecule has 1 aromatic heterocycles. The molecule has 0 aliphatic carbocycles. The lowest BCUT2D eigenvalue weighted by atomic mass is 10.0. The van der Waals surface area contributed by atoms with Gasteiger partial charge in [-0.3, -0.25) is 4.79 Å². The van der Waals surface area contributed by atoms with E-state index in [0.717, 1.165) is 11.3 Å². The summed E-state index contributed by atoms with van der Waals surface area (Å²) in [5.74, 6) is 0.760. The summed E-state index contributed by atoms with van der Waals surface area (Å²) in [5, 5.41) is 0. The highest BCUT2D eigenvalue weighted by Gasteiger charge is 2.17. The van der Waals surface area contributed by atoms with Gasteiger partial charge >= 0.3 is 0 Å². The molecule has 0 atom stereocenters. The summed E-state index contributed by atoms with van der Waals surface area (Å²) in [4.78, 5) is 14.9. The number of carbonyl (C=O) groups excluding carboxylic acids is 1.